The number of rotatable bonds is 3. The van der Waals surface area contributed by atoms with E-state index in [0.29, 0.717) is 12.1 Å². The minimum Gasteiger partial charge on any atom is -0.294 e. The number of benzene rings is 2. The number of aromatic nitrogens is 2. The van der Waals surface area contributed by atoms with Gasteiger partial charge in [-0.05, 0) is 18.6 Å². The van der Waals surface area contributed by atoms with Crippen molar-refractivity contribution in [2.45, 2.75) is 13.5 Å². The van der Waals surface area contributed by atoms with E-state index >= 15 is 0 Å². The highest BCUT2D eigenvalue weighted by Crippen LogP contribution is 2.16. The van der Waals surface area contributed by atoms with E-state index in [-0.39, 0.29) is 16.6 Å². The standard InChI is InChI=1S/C16H13N3O3/c1-11-2-4-12(5-3-11)9-18-10-17-15-7-6-13(19(21)22)8-14(15)16(18)20/h2-8,10H,9H2,1H3. The molecule has 6 nitrogen and oxygen atoms in total. The van der Waals surface area contributed by atoms with Crippen molar-refractivity contribution in [3.05, 3.63) is 80.4 Å². The lowest BCUT2D eigenvalue weighted by Gasteiger charge is -2.07. The molecule has 0 bridgehead atoms. The maximum absolute atomic E-state index is 12.5. The predicted molar refractivity (Wildman–Crippen MR) is 82.9 cm³/mol. The molecule has 0 fully saturated rings. The van der Waals surface area contributed by atoms with Gasteiger partial charge in [-0.1, -0.05) is 29.8 Å². The van der Waals surface area contributed by atoms with Gasteiger partial charge in [0.25, 0.3) is 11.2 Å². The van der Waals surface area contributed by atoms with E-state index in [1.807, 2.05) is 31.2 Å². The monoisotopic (exact) mass is 295 g/mol. The topological polar surface area (TPSA) is 78.0 Å². The van der Waals surface area contributed by atoms with Gasteiger partial charge in [-0.25, -0.2) is 4.98 Å². The summed E-state index contributed by atoms with van der Waals surface area (Å²) in [5.74, 6) is 0. The molecular formula is C16H13N3O3. The van der Waals surface area contributed by atoms with Gasteiger partial charge in [-0.3, -0.25) is 19.5 Å². The predicted octanol–water partition coefficient (Wildman–Crippen LogP) is 2.66. The van der Waals surface area contributed by atoms with Gasteiger partial charge in [0.2, 0.25) is 0 Å². The van der Waals surface area contributed by atoms with Gasteiger partial charge in [0.05, 0.1) is 28.7 Å². The summed E-state index contributed by atoms with van der Waals surface area (Å²) in [5, 5.41) is 11.1. The molecule has 3 rings (SSSR count). The van der Waals surface area contributed by atoms with Crippen LogP contribution in [0.3, 0.4) is 0 Å². The molecule has 2 aromatic carbocycles. The van der Waals surface area contributed by atoms with Crippen LogP contribution in [0.1, 0.15) is 11.1 Å². The van der Waals surface area contributed by atoms with E-state index in [9.17, 15) is 14.9 Å². The van der Waals surface area contributed by atoms with E-state index in [0.717, 1.165) is 11.1 Å². The molecule has 0 saturated carbocycles. The third kappa shape index (κ3) is 2.58. The van der Waals surface area contributed by atoms with E-state index in [4.69, 9.17) is 0 Å². The second kappa shape index (κ2) is 5.40. The quantitative estimate of drug-likeness (QED) is 0.549. The summed E-state index contributed by atoms with van der Waals surface area (Å²) in [5.41, 5.74) is 2.17. The number of non-ortho nitro benzene ring substituents is 1. The summed E-state index contributed by atoms with van der Waals surface area (Å²) in [6.45, 7) is 2.37. The molecule has 0 saturated heterocycles. The molecule has 0 N–H and O–H groups in total. The van der Waals surface area contributed by atoms with Crippen LogP contribution in [0, 0.1) is 17.0 Å². The zero-order valence-electron chi connectivity index (χ0n) is 11.9. The maximum atomic E-state index is 12.5. The van der Waals surface area contributed by atoms with Crippen molar-refractivity contribution >= 4 is 16.6 Å². The van der Waals surface area contributed by atoms with Gasteiger partial charge >= 0.3 is 0 Å². The summed E-state index contributed by atoms with van der Waals surface area (Å²) in [6, 6.07) is 11.9. The molecule has 0 aliphatic rings. The first kappa shape index (κ1) is 13.9. The number of nitrogens with zero attached hydrogens (tertiary/aromatic N) is 3. The third-order valence-corrected chi connectivity index (χ3v) is 3.49. The van der Waals surface area contributed by atoms with Gasteiger partial charge in [-0.2, -0.15) is 0 Å². The smallest absolute Gasteiger partial charge is 0.270 e. The molecular weight excluding hydrogens is 282 g/mol. The first-order valence-electron chi connectivity index (χ1n) is 6.74. The molecule has 0 atom stereocenters. The Morgan fingerprint density at radius 2 is 1.91 bits per heavy atom. The van der Waals surface area contributed by atoms with Crippen LogP contribution in [0.4, 0.5) is 5.69 Å². The SMILES string of the molecule is Cc1ccc(Cn2cnc3ccc([N+](=O)[O-])cc3c2=O)cc1. The van der Waals surface area contributed by atoms with Crippen molar-refractivity contribution in [1.82, 2.24) is 9.55 Å². The van der Waals surface area contributed by atoms with Gasteiger partial charge in [0, 0.05) is 12.1 Å². The van der Waals surface area contributed by atoms with E-state index in [1.54, 1.807) is 0 Å². The van der Waals surface area contributed by atoms with Gasteiger partial charge in [0.1, 0.15) is 0 Å². The molecule has 22 heavy (non-hydrogen) atoms. The number of nitro groups is 1. The molecule has 0 aliphatic carbocycles. The summed E-state index contributed by atoms with van der Waals surface area (Å²) in [7, 11) is 0. The number of hydrogen-bond acceptors (Lipinski definition) is 4. The van der Waals surface area contributed by atoms with Gasteiger partial charge in [0.15, 0.2) is 0 Å². The molecule has 1 aromatic heterocycles. The fourth-order valence-electron chi connectivity index (χ4n) is 2.26. The van der Waals surface area contributed by atoms with Crippen LogP contribution in [-0.4, -0.2) is 14.5 Å². The van der Waals surface area contributed by atoms with Crippen LogP contribution < -0.4 is 5.56 Å². The van der Waals surface area contributed by atoms with Crippen molar-refractivity contribution in [2.75, 3.05) is 0 Å². The maximum Gasteiger partial charge on any atom is 0.270 e. The Labute approximate surface area is 125 Å². The Hall–Kier alpha value is -3.02. The summed E-state index contributed by atoms with van der Waals surface area (Å²) in [6.07, 6.45) is 1.47. The summed E-state index contributed by atoms with van der Waals surface area (Å²) in [4.78, 5) is 27.0. The van der Waals surface area contributed by atoms with E-state index < -0.39 is 4.92 Å². The van der Waals surface area contributed by atoms with Crippen molar-refractivity contribution < 1.29 is 4.92 Å². The third-order valence-electron chi connectivity index (χ3n) is 3.49. The molecule has 0 aliphatic heterocycles. The first-order valence-corrected chi connectivity index (χ1v) is 6.74. The van der Waals surface area contributed by atoms with Crippen LogP contribution in [-0.2, 0) is 6.54 Å². The van der Waals surface area contributed by atoms with E-state index in [2.05, 4.69) is 4.98 Å². The highest BCUT2D eigenvalue weighted by Gasteiger charge is 2.11. The molecule has 0 amide bonds. The lowest BCUT2D eigenvalue weighted by atomic mass is 10.1. The largest absolute Gasteiger partial charge is 0.294 e. The lowest BCUT2D eigenvalue weighted by molar-refractivity contribution is -0.384. The van der Waals surface area contributed by atoms with Crippen molar-refractivity contribution in [1.29, 1.82) is 0 Å². The highest BCUT2D eigenvalue weighted by molar-refractivity contribution is 5.79. The average molecular weight is 295 g/mol. The van der Waals surface area contributed by atoms with Crippen LogP contribution in [0.5, 0.6) is 0 Å². The van der Waals surface area contributed by atoms with Crippen molar-refractivity contribution in [3.63, 3.8) is 0 Å². The lowest BCUT2D eigenvalue weighted by Crippen LogP contribution is -2.21. The Kier molecular flexibility index (Phi) is 3.42. The second-order valence-electron chi connectivity index (χ2n) is 5.12. The number of hydrogen-bond donors (Lipinski definition) is 0. The minimum atomic E-state index is -0.518. The van der Waals surface area contributed by atoms with Gasteiger partial charge < -0.3 is 0 Å². The Balaban J connectivity index is 2.07. The summed E-state index contributed by atoms with van der Waals surface area (Å²) < 4.78 is 1.46. The zero-order chi connectivity index (χ0) is 15.7. The number of fused-ring (bicyclic) bond motifs is 1. The molecule has 110 valence electrons. The highest BCUT2D eigenvalue weighted by atomic mass is 16.6. The zero-order valence-corrected chi connectivity index (χ0v) is 11.9. The summed E-state index contributed by atoms with van der Waals surface area (Å²) >= 11 is 0. The normalized spacial score (nSPS) is 10.8. The fraction of sp³-hybridized carbons (Fsp3) is 0.125. The fourth-order valence-corrected chi connectivity index (χ4v) is 2.26. The van der Waals surface area contributed by atoms with Crippen LogP contribution in [0.2, 0.25) is 0 Å². The van der Waals surface area contributed by atoms with Crippen LogP contribution in [0.15, 0.2) is 53.6 Å². The number of nitro benzene ring substituents is 1. The van der Waals surface area contributed by atoms with Gasteiger partial charge in [-0.15, -0.1) is 0 Å². The molecule has 0 spiro atoms. The number of aryl methyl sites for hydroxylation is 1. The molecule has 1 heterocycles. The van der Waals surface area contributed by atoms with Crippen molar-refractivity contribution in [3.8, 4) is 0 Å². The minimum absolute atomic E-state index is 0.112. The molecule has 0 unspecified atom stereocenters. The Bertz CT molecular complexity index is 914. The van der Waals surface area contributed by atoms with Crippen LogP contribution >= 0.6 is 0 Å². The molecule has 0 radical (unpaired) electrons. The van der Waals surface area contributed by atoms with Crippen molar-refractivity contribution in [2.24, 2.45) is 0 Å². The second-order valence-corrected chi connectivity index (χ2v) is 5.12. The van der Waals surface area contributed by atoms with Crippen LogP contribution in [0.25, 0.3) is 10.9 Å². The molecule has 6 heteroatoms. The molecule has 3 aromatic rings. The Morgan fingerprint density at radius 3 is 2.59 bits per heavy atom. The Morgan fingerprint density at radius 1 is 1.18 bits per heavy atom. The average Bonchev–Trinajstić information content (AvgIpc) is 2.52. The van der Waals surface area contributed by atoms with E-state index in [1.165, 1.54) is 29.1 Å². The first-order chi connectivity index (χ1) is 10.5.